The van der Waals surface area contributed by atoms with Crippen LogP contribution in [-0.4, -0.2) is 38.0 Å². The van der Waals surface area contributed by atoms with E-state index in [1.165, 1.54) is 7.11 Å². The first-order chi connectivity index (χ1) is 15.5. The Bertz CT molecular complexity index is 1080. The Morgan fingerprint density at radius 1 is 0.875 bits per heavy atom. The van der Waals surface area contributed by atoms with E-state index in [1.807, 2.05) is 48.5 Å². The van der Waals surface area contributed by atoms with Crippen molar-refractivity contribution in [2.75, 3.05) is 25.6 Å². The molecule has 0 saturated heterocycles. The molecule has 0 unspecified atom stereocenters. The molecule has 7 nitrogen and oxygen atoms in total. The summed E-state index contributed by atoms with van der Waals surface area (Å²) in [5.41, 5.74) is 3.07. The molecule has 0 aromatic heterocycles. The van der Waals surface area contributed by atoms with Gasteiger partial charge in [-0.1, -0.05) is 54.6 Å². The molecule has 0 atom stereocenters. The highest BCUT2D eigenvalue weighted by Crippen LogP contribution is 2.19. The van der Waals surface area contributed by atoms with Crippen LogP contribution < -0.4 is 15.4 Å². The molecule has 0 bridgehead atoms. The minimum absolute atomic E-state index is 0.352. The number of para-hydroxylation sites is 1. The molecule has 0 fully saturated rings. The first-order valence-corrected chi connectivity index (χ1v) is 10.0. The van der Waals surface area contributed by atoms with Crippen LogP contribution in [0.3, 0.4) is 0 Å². The smallest absolute Gasteiger partial charge is 0.325 e. The molecule has 3 aromatic rings. The Balaban J connectivity index is 1.46. The minimum Gasteiger partial charge on any atom is -0.497 e. The lowest BCUT2D eigenvalue weighted by atomic mass is 10.0. The molecular weight excluding hydrogens is 408 g/mol. The number of anilines is 1. The molecule has 32 heavy (non-hydrogen) atoms. The fourth-order valence-electron chi connectivity index (χ4n) is 3.01. The molecule has 0 aliphatic rings. The standard InChI is InChI=1S/C25H24N2O5/c1-31-21-12-7-11-20(15-21)25(30)26-16-24(29)32-17-23(28)27-22-13-6-5-10-19(22)14-18-8-3-2-4-9-18/h2-13,15H,14,16-17H2,1H3,(H,26,30)(H,27,28). The first kappa shape index (κ1) is 22.6. The lowest BCUT2D eigenvalue weighted by molar-refractivity contribution is -0.146. The van der Waals surface area contributed by atoms with Crippen LogP contribution in [0, 0.1) is 0 Å². The van der Waals surface area contributed by atoms with E-state index < -0.39 is 24.4 Å². The van der Waals surface area contributed by atoms with E-state index in [1.54, 1.807) is 30.3 Å². The topological polar surface area (TPSA) is 93.7 Å². The summed E-state index contributed by atoms with van der Waals surface area (Å²) in [5, 5.41) is 5.23. The molecule has 2 amide bonds. The van der Waals surface area contributed by atoms with Crippen molar-refractivity contribution in [1.82, 2.24) is 5.32 Å². The number of amides is 2. The van der Waals surface area contributed by atoms with Crippen LogP contribution >= 0.6 is 0 Å². The molecule has 0 heterocycles. The molecule has 0 saturated carbocycles. The highest BCUT2D eigenvalue weighted by atomic mass is 16.5. The number of carbonyl (C=O) groups excluding carboxylic acids is 3. The van der Waals surface area contributed by atoms with Crippen LogP contribution in [0.4, 0.5) is 5.69 Å². The predicted molar refractivity (Wildman–Crippen MR) is 121 cm³/mol. The SMILES string of the molecule is COc1cccc(C(=O)NCC(=O)OCC(=O)Nc2ccccc2Cc2ccccc2)c1. The van der Waals surface area contributed by atoms with Crippen molar-refractivity contribution in [3.05, 3.63) is 95.6 Å². The summed E-state index contributed by atoms with van der Waals surface area (Å²) in [6.45, 7) is -0.804. The molecule has 7 heteroatoms. The van der Waals surface area contributed by atoms with Gasteiger partial charge in [0.25, 0.3) is 11.8 Å². The number of rotatable bonds is 9. The van der Waals surface area contributed by atoms with Crippen LogP contribution in [0.5, 0.6) is 5.75 Å². The van der Waals surface area contributed by atoms with Gasteiger partial charge in [-0.25, -0.2) is 0 Å². The van der Waals surface area contributed by atoms with Crippen LogP contribution in [-0.2, 0) is 20.7 Å². The van der Waals surface area contributed by atoms with E-state index in [2.05, 4.69) is 10.6 Å². The maximum atomic E-state index is 12.3. The van der Waals surface area contributed by atoms with E-state index in [-0.39, 0.29) is 6.54 Å². The van der Waals surface area contributed by atoms with E-state index in [4.69, 9.17) is 9.47 Å². The van der Waals surface area contributed by atoms with Crippen LogP contribution in [0.25, 0.3) is 0 Å². The number of hydrogen-bond acceptors (Lipinski definition) is 5. The van der Waals surface area contributed by atoms with Crippen molar-refractivity contribution in [2.24, 2.45) is 0 Å². The number of nitrogens with one attached hydrogen (secondary N) is 2. The van der Waals surface area contributed by atoms with Gasteiger partial charge < -0.3 is 20.1 Å². The molecule has 0 aliphatic heterocycles. The number of ether oxygens (including phenoxy) is 2. The monoisotopic (exact) mass is 432 g/mol. The summed E-state index contributed by atoms with van der Waals surface area (Å²) in [6, 6.07) is 23.9. The van der Waals surface area contributed by atoms with Crippen molar-refractivity contribution in [3.63, 3.8) is 0 Å². The highest BCUT2D eigenvalue weighted by Gasteiger charge is 2.13. The molecule has 0 aliphatic carbocycles. The largest absolute Gasteiger partial charge is 0.497 e. The first-order valence-electron chi connectivity index (χ1n) is 10.0. The lowest BCUT2D eigenvalue weighted by Gasteiger charge is -2.12. The number of methoxy groups -OCH3 is 1. The van der Waals surface area contributed by atoms with E-state index in [0.717, 1.165) is 11.1 Å². The Labute approximate surface area is 186 Å². The highest BCUT2D eigenvalue weighted by molar-refractivity contribution is 5.97. The second-order valence-corrected chi connectivity index (χ2v) is 6.94. The Kier molecular flexibility index (Phi) is 7.97. The van der Waals surface area contributed by atoms with Gasteiger partial charge in [-0.3, -0.25) is 14.4 Å². The molecule has 2 N–H and O–H groups in total. The summed E-state index contributed by atoms with van der Waals surface area (Å²) in [5.74, 6) is -1.09. The zero-order valence-corrected chi connectivity index (χ0v) is 17.7. The average molecular weight is 432 g/mol. The fraction of sp³-hybridized carbons (Fsp3) is 0.160. The number of benzene rings is 3. The summed E-state index contributed by atoms with van der Waals surface area (Å²) >= 11 is 0. The maximum absolute atomic E-state index is 12.3. The van der Waals surface area contributed by atoms with Crippen molar-refractivity contribution in [1.29, 1.82) is 0 Å². The van der Waals surface area contributed by atoms with E-state index >= 15 is 0 Å². The van der Waals surface area contributed by atoms with Gasteiger partial charge >= 0.3 is 5.97 Å². The van der Waals surface area contributed by atoms with E-state index in [0.29, 0.717) is 23.4 Å². The average Bonchev–Trinajstić information content (AvgIpc) is 2.83. The van der Waals surface area contributed by atoms with Crippen molar-refractivity contribution in [2.45, 2.75) is 6.42 Å². The Morgan fingerprint density at radius 3 is 2.41 bits per heavy atom. The molecule has 0 spiro atoms. The van der Waals surface area contributed by atoms with Crippen LogP contribution in [0.1, 0.15) is 21.5 Å². The summed E-state index contributed by atoms with van der Waals surface area (Å²) < 4.78 is 10.0. The minimum atomic E-state index is -0.714. The maximum Gasteiger partial charge on any atom is 0.325 e. The van der Waals surface area contributed by atoms with Gasteiger partial charge in [0.15, 0.2) is 6.61 Å². The lowest BCUT2D eigenvalue weighted by Crippen LogP contribution is -2.32. The van der Waals surface area contributed by atoms with E-state index in [9.17, 15) is 14.4 Å². The fourth-order valence-corrected chi connectivity index (χ4v) is 3.01. The van der Waals surface area contributed by atoms with Gasteiger partial charge in [-0.15, -0.1) is 0 Å². The summed E-state index contributed by atoms with van der Waals surface area (Å²) in [7, 11) is 1.50. The van der Waals surface area contributed by atoms with Crippen LogP contribution in [0.2, 0.25) is 0 Å². The zero-order valence-electron chi connectivity index (χ0n) is 17.7. The third-order valence-electron chi connectivity index (χ3n) is 4.62. The third kappa shape index (κ3) is 6.70. The quantitative estimate of drug-likeness (QED) is 0.507. The molecule has 0 radical (unpaired) electrons. The zero-order chi connectivity index (χ0) is 22.8. The normalized spacial score (nSPS) is 10.2. The van der Waals surface area contributed by atoms with Crippen molar-refractivity contribution in [3.8, 4) is 5.75 Å². The molecule has 3 aromatic carbocycles. The number of esters is 1. The van der Waals surface area contributed by atoms with Crippen molar-refractivity contribution >= 4 is 23.5 Å². The third-order valence-corrected chi connectivity index (χ3v) is 4.62. The van der Waals surface area contributed by atoms with Gasteiger partial charge in [0.1, 0.15) is 12.3 Å². The van der Waals surface area contributed by atoms with Gasteiger partial charge in [0.2, 0.25) is 0 Å². The van der Waals surface area contributed by atoms with Crippen molar-refractivity contribution < 1.29 is 23.9 Å². The number of carbonyl (C=O) groups is 3. The Morgan fingerprint density at radius 2 is 1.62 bits per heavy atom. The summed E-state index contributed by atoms with van der Waals surface area (Å²) in [4.78, 5) is 36.3. The Hall–Kier alpha value is -4.13. The molecular formula is C25H24N2O5. The van der Waals surface area contributed by atoms with Gasteiger partial charge in [0, 0.05) is 11.3 Å². The molecule has 164 valence electrons. The second-order valence-electron chi connectivity index (χ2n) is 6.94. The number of hydrogen-bond donors (Lipinski definition) is 2. The van der Waals surface area contributed by atoms with Gasteiger partial charge in [-0.05, 0) is 41.8 Å². The van der Waals surface area contributed by atoms with Gasteiger partial charge in [0.05, 0.1) is 7.11 Å². The summed E-state index contributed by atoms with van der Waals surface area (Å²) in [6.07, 6.45) is 0.660. The van der Waals surface area contributed by atoms with Crippen LogP contribution in [0.15, 0.2) is 78.9 Å². The van der Waals surface area contributed by atoms with Gasteiger partial charge in [-0.2, -0.15) is 0 Å². The second kappa shape index (κ2) is 11.3. The molecule has 3 rings (SSSR count). The predicted octanol–water partition coefficient (Wildman–Crippen LogP) is 3.20.